The lowest BCUT2D eigenvalue weighted by atomic mass is 9.87. The van der Waals surface area contributed by atoms with E-state index in [4.69, 9.17) is 4.74 Å². The third-order valence-electron chi connectivity index (χ3n) is 5.25. The number of anilines is 1. The number of carbonyl (C=O) groups excluding carboxylic acids is 2. The van der Waals surface area contributed by atoms with Gasteiger partial charge in [0.2, 0.25) is 5.91 Å². The van der Waals surface area contributed by atoms with Crippen LogP contribution in [0.5, 0.6) is 0 Å². The second-order valence-corrected chi connectivity index (χ2v) is 10.3. The SMILES string of the molecule is CCOC(=O)Cc1nnc(S[C@H](C)C(=O)Nc2ccc(C(C)(C)C)cc2)n1Cc1ccccc1. The molecule has 1 amide bonds. The summed E-state index contributed by atoms with van der Waals surface area (Å²) in [4.78, 5) is 24.9. The fraction of sp³-hybridized carbons (Fsp3) is 0.385. The fourth-order valence-corrected chi connectivity index (χ4v) is 4.18. The molecule has 0 saturated carbocycles. The molecule has 0 saturated heterocycles. The van der Waals surface area contributed by atoms with Gasteiger partial charge in [-0.1, -0.05) is 75.0 Å². The van der Waals surface area contributed by atoms with Gasteiger partial charge in [0.1, 0.15) is 12.2 Å². The summed E-state index contributed by atoms with van der Waals surface area (Å²) in [5, 5.41) is 11.6. The van der Waals surface area contributed by atoms with Gasteiger partial charge in [0.15, 0.2) is 5.16 Å². The number of rotatable bonds is 9. The van der Waals surface area contributed by atoms with Crippen LogP contribution in [0, 0.1) is 0 Å². The van der Waals surface area contributed by atoms with Gasteiger partial charge in [-0.2, -0.15) is 0 Å². The van der Waals surface area contributed by atoms with Crippen molar-refractivity contribution in [1.29, 1.82) is 0 Å². The Kier molecular flexibility index (Phi) is 8.50. The summed E-state index contributed by atoms with van der Waals surface area (Å²) in [5.74, 6) is 0.0233. The summed E-state index contributed by atoms with van der Waals surface area (Å²) in [6, 6.07) is 17.8. The van der Waals surface area contributed by atoms with Gasteiger partial charge in [-0.05, 0) is 42.5 Å². The largest absolute Gasteiger partial charge is 0.466 e. The van der Waals surface area contributed by atoms with E-state index in [9.17, 15) is 9.59 Å². The van der Waals surface area contributed by atoms with Gasteiger partial charge in [0, 0.05) is 5.69 Å². The van der Waals surface area contributed by atoms with Crippen molar-refractivity contribution in [1.82, 2.24) is 14.8 Å². The van der Waals surface area contributed by atoms with E-state index in [1.807, 2.05) is 66.1 Å². The van der Waals surface area contributed by atoms with Gasteiger partial charge in [-0.3, -0.25) is 9.59 Å². The first kappa shape index (κ1) is 25.5. The quantitative estimate of drug-likeness (QED) is 0.348. The number of esters is 1. The number of hydrogen-bond acceptors (Lipinski definition) is 6. The molecule has 0 aliphatic heterocycles. The standard InChI is InChI=1S/C26H32N4O3S/c1-6-33-23(31)16-22-28-29-25(30(22)17-19-10-8-7-9-11-19)34-18(2)24(32)27-21-14-12-20(13-15-21)26(3,4)5/h7-15,18H,6,16-17H2,1-5H3,(H,27,32)/t18-/m1/s1. The highest BCUT2D eigenvalue weighted by atomic mass is 32.2. The van der Waals surface area contributed by atoms with Gasteiger partial charge in [0.05, 0.1) is 18.4 Å². The highest BCUT2D eigenvalue weighted by molar-refractivity contribution is 8.00. The minimum atomic E-state index is -0.420. The molecule has 0 fully saturated rings. The van der Waals surface area contributed by atoms with Gasteiger partial charge in [0.25, 0.3) is 0 Å². The van der Waals surface area contributed by atoms with Crippen molar-refractivity contribution in [2.75, 3.05) is 11.9 Å². The van der Waals surface area contributed by atoms with E-state index in [-0.39, 0.29) is 23.7 Å². The van der Waals surface area contributed by atoms with Crippen molar-refractivity contribution in [3.8, 4) is 0 Å². The van der Waals surface area contributed by atoms with E-state index in [1.54, 1.807) is 6.92 Å². The Labute approximate surface area is 205 Å². The molecule has 2 aromatic carbocycles. The summed E-state index contributed by atoms with van der Waals surface area (Å²) in [6.45, 7) is 10.9. The first-order valence-electron chi connectivity index (χ1n) is 11.4. The molecule has 1 heterocycles. The van der Waals surface area contributed by atoms with Gasteiger partial charge >= 0.3 is 5.97 Å². The van der Waals surface area contributed by atoms with E-state index in [0.29, 0.717) is 24.1 Å². The second kappa shape index (κ2) is 11.3. The molecule has 180 valence electrons. The van der Waals surface area contributed by atoms with Crippen molar-refractivity contribution in [3.05, 3.63) is 71.5 Å². The molecule has 0 unspecified atom stereocenters. The second-order valence-electron chi connectivity index (χ2n) is 9.03. The molecule has 0 radical (unpaired) electrons. The van der Waals surface area contributed by atoms with Crippen LogP contribution in [-0.4, -0.2) is 38.5 Å². The number of hydrogen-bond donors (Lipinski definition) is 1. The summed E-state index contributed by atoms with van der Waals surface area (Å²) in [6.07, 6.45) is 0.0228. The van der Waals surface area contributed by atoms with Crippen LogP contribution in [0.25, 0.3) is 0 Å². The minimum absolute atomic E-state index is 0.0228. The Morgan fingerprint density at radius 1 is 1.06 bits per heavy atom. The number of aromatic nitrogens is 3. The Morgan fingerprint density at radius 3 is 2.35 bits per heavy atom. The average Bonchev–Trinajstić information content (AvgIpc) is 3.15. The Bertz CT molecular complexity index is 1110. The lowest BCUT2D eigenvalue weighted by molar-refractivity contribution is -0.142. The Hall–Kier alpha value is -3.13. The summed E-state index contributed by atoms with van der Waals surface area (Å²) in [5.41, 5.74) is 3.05. The Morgan fingerprint density at radius 2 is 1.74 bits per heavy atom. The number of nitrogens with zero attached hydrogens (tertiary/aromatic N) is 3. The van der Waals surface area contributed by atoms with Crippen LogP contribution in [0.1, 0.15) is 51.6 Å². The van der Waals surface area contributed by atoms with Crippen molar-refractivity contribution < 1.29 is 14.3 Å². The lowest BCUT2D eigenvalue weighted by Gasteiger charge is -2.19. The van der Waals surface area contributed by atoms with Crippen LogP contribution in [0.4, 0.5) is 5.69 Å². The lowest BCUT2D eigenvalue weighted by Crippen LogP contribution is -2.23. The van der Waals surface area contributed by atoms with E-state index < -0.39 is 5.25 Å². The summed E-state index contributed by atoms with van der Waals surface area (Å²) < 4.78 is 6.96. The van der Waals surface area contributed by atoms with Crippen molar-refractivity contribution >= 4 is 29.3 Å². The minimum Gasteiger partial charge on any atom is -0.466 e. The molecule has 1 aromatic heterocycles. The predicted octanol–water partition coefficient (Wildman–Crippen LogP) is 4.85. The zero-order chi connectivity index (χ0) is 24.7. The van der Waals surface area contributed by atoms with Crippen LogP contribution in [-0.2, 0) is 32.7 Å². The van der Waals surface area contributed by atoms with Gasteiger partial charge < -0.3 is 14.6 Å². The molecule has 1 atom stereocenters. The van der Waals surface area contributed by atoms with Crippen LogP contribution in [0.15, 0.2) is 59.8 Å². The third-order valence-corrected chi connectivity index (χ3v) is 6.34. The van der Waals surface area contributed by atoms with Gasteiger partial charge in [-0.15, -0.1) is 10.2 Å². The first-order chi connectivity index (χ1) is 16.2. The molecule has 0 aliphatic rings. The molecule has 0 spiro atoms. The smallest absolute Gasteiger partial charge is 0.313 e. The first-order valence-corrected chi connectivity index (χ1v) is 12.2. The highest BCUT2D eigenvalue weighted by Gasteiger charge is 2.22. The Balaban J connectivity index is 1.74. The monoisotopic (exact) mass is 480 g/mol. The molecule has 34 heavy (non-hydrogen) atoms. The number of carbonyl (C=O) groups is 2. The maximum absolute atomic E-state index is 12.9. The normalized spacial score (nSPS) is 12.3. The number of nitrogens with one attached hydrogen (secondary N) is 1. The molecule has 0 bridgehead atoms. The van der Waals surface area contributed by atoms with Crippen LogP contribution in [0.2, 0.25) is 0 Å². The van der Waals surface area contributed by atoms with Crippen molar-refractivity contribution in [2.45, 2.75) is 63.4 Å². The molecular formula is C26H32N4O3S. The fourth-order valence-electron chi connectivity index (χ4n) is 3.31. The zero-order valence-electron chi connectivity index (χ0n) is 20.4. The predicted molar refractivity (Wildman–Crippen MR) is 135 cm³/mol. The molecule has 3 rings (SSSR count). The van der Waals surface area contributed by atoms with Crippen molar-refractivity contribution in [2.24, 2.45) is 0 Å². The molecule has 1 N–H and O–H groups in total. The number of thioether (sulfide) groups is 1. The average molecular weight is 481 g/mol. The topological polar surface area (TPSA) is 86.1 Å². The zero-order valence-corrected chi connectivity index (χ0v) is 21.2. The van der Waals surface area contributed by atoms with E-state index in [1.165, 1.54) is 17.3 Å². The molecule has 3 aromatic rings. The highest BCUT2D eigenvalue weighted by Crippen LogP contribution is 2.26. The molecule has 0 aliphatic carbocycles. The van der Waals surface area contributed by atoms with E-state index >= 15 is 0 Å². The maximum Gasteiger partial charge on any atom is 0.313 e. The molecule has 8 heteroatoms. The summed E-state index contributed by atoms with van der Waals surface area (Å²) in [7, 11) is 0. The summed E-state index contributed by atoms with van der Waals surface area (Å²) >= 11 is 1.31. The molecular weight excluding hydrogens is 448 g/mol. The van der Waals surface area contributed by atoms with Crippen LogP contribution in [0.3, 0.4) is 0 Å². The number of ether oxygens (including phenoxy) is 1. The van der Waals surface area contributed by atoms with E-state index in [0.717, 1.165) is 11.3 Å². The molecule has 7 nitrogen and oxygen atoms in total. The maximum atomic E-state index is 12.9. The van der Waals surface area contributed by atoms with Crippen LogP contribution < -0.4 is 5.32 Å². The third kappa shape index (κ3) is 6.93. The van der Waals surface area contributed by atoms with E-state index in [2.05, 4.69) is 36.3 Å². The number of amides is 1. The van der Waals surface area contributed by atoms with Gasteiger partial charge in [-0.25, -0.2) is 0 Å². The van der Waals surface area contributed by atoms with Crippen LogP contribution >= 0.6 is 11.8 Å². The van der Waals surface area contributed by atoms with Crippen molar-refractivity contribution in [3.63, 3.8) is 0 Å². The number of benzene rings is 2.